The molecule has 0 aliphatic carbocycles. The van der Waals surface area contributed by atoms with E-state index in [1.165, 1.54) is 22.1 Å². The van der Waals surface area contributed by atoms with Crippen LogP contribution in [0.15, 0.2) is 48.5 Å². The average Bonchev–Trinajstić information content (AvgIpc) is 2.63. The van der Waals surface area contributed by atoms with Gasteiger partial charge in [-0.25, -0.2) is 0 Å². The Bertz CT molecular complexity index is 518. The number of fused-ring (bicyclic) bond motifs is 3. The molecule has 84 valence electrons. The zero-order valence-electron chi connectivity index (χ0n) is 10.7. The van der Waals surface area contributed by atoms with E-state index in [2.05, 4.69) is 69.3 Å². The molecule has 2 aromatic carbocycles. The third-order valence-electron chi connectivity index (χ3n) is 3.70. The van der Waals surface area contributed by atoms with E-state index >= 15 is 0 Å². The molecule has 0 N–H and O–H groups in total. The summed E-state index contributed by atoms with van der Waals surface area (Å²) in [5.74, 6) is 0. The smallest absolute Gasteiger partial charge is 0.0667 e. The Labute approximate surface area is 104 Å². The fourth-order valence-corrected chi connectivity index (χ4v) is 3.09. The van der Waals surface area contributed by atoms with Crippen LogP contribution in [0.4, 0.5) is 0 Å². The molecule has 0 fully saturated rings. The van der Waals surface area contributed by atoms with Gasteiger partial charge in [-0.3, -0.25) is 0 Å². The van der Waals surface area contributed by atoms with Crippen molar-refractivity contribution >= 4 is 17.6 Å². The van der Waals surface area contributed by atoms with Crippen LogP contribution < -0.4 is 10.9 Å². The van der Waals surface area contributed by atoms with Crippen molar-refractivity contribution in [2.24, 2.45) is 0 Å². The number of hydrogen-bond acceptors (Lipinski definition) is 0. The van der Waals surface area contributed by atoms with Crippen molar-refractivity contribution in [3.8, 4) is 11.1 Å². The molecule has 3 rings (SSSR count). The van der Waals surface area contributed by atoms with E-state index in [0.29, 0.717) is 6.71 Å². The monoisotopic (exact) mass is 220 g/mol. The van der Waals surface area contributed by atoms with Crippen molar-refractivity contribution in [3.05, 3.63) is 48.5 Å². The summed E-state index contributed by atoms with van der Waals surface area (Å²) >= 11 is 0. The van der Waals surface area contributed by atoms with Gasteiger partial charge in [0.1, 0.15) is 0 Å². The van der Waals surface area contributed by atoms with Crippen LogP contribution in [0, 0.1) is 0 Å². The van der Waals surface area contributed by atoms with E-state index in [9.17, 15) is 0 Å². The maximum Gasteiger partial charge on any atom is 0.216 e. The Morgan fingerprint density at radius 3 is 1.53 bits per heavy atom. The SMILES string of the molecule is CC(C)(C)B1c2ccccc2-c2ccccc21. The molecule has 0 unspecified atom stereocenters. The average molecular weight is 220 g/mol. The summed E-state index contributed by atoms with van der Waals surface area (Å²) in [5, 5.41) is 0.267. The summed E-state index contributed by atoms with van der Waals surface area (Å²) in [6.07, 6.45) is 0. The normalized spacial score (nSPS) is 13.5. The second kappa shape index (κ2) is 3.50. The van der Waals surface area contributed by atoms with Crippen molar-refractivity contribution < 1.29 is 0 Å². The summed E-state index contributed by atoms with van der Waals surface area (Å²) in [6, 6.07) is 17.7. The van der Waals surface area contributed by atoms with Crippen LogP contribution in [0.5, 0.6) is 0 Å². The molecule has 1 aliphatic heterocycles. The Morgan fingerprint density at radius 2 is 1.12 bits per heavy atom. The number of benzene rings is 2. The largest absolute Gasteiger partial charge is 0.216 e. The first-order chi connectivity index (χ1) is 8.09. The quantitative estimate of drug-likeness (QED) is 0.598. The predicted octanol–water partition coefficient (Wildman–Crippen LogP) is 3.08. The summed E-state index contributed by atoms with van der Waals surface area (Å²) in [5.41, 5.74) is 5.81. The van der Waals surface area contributed by atoms with Crippen LogP contribution in [0.25, 0.3) is 11.1 Å². The molecule has 0 amide bonds. The summed E-state index contributed by atoms with van der Waals surface area (Å²) in [6.45, 7) is 7.51. The van der Waals surface area contributed by atoms with Crippen LogP contribution in [0.2, 0.25) is 5.31 Å². The Kier molecular flexibility index (Phi) is 2.19. The highest BCUT2D eigenvalue weighted by atomic mass is 14.2. The zero-order chi connectivity index (χ0) is 12.0. The van der Waals surface area contributed by atoms with Gasteiger partial charge in [-0.2, -0.15) is 0 Å². The minimum absolute atomic E-state index is 0.267. The third kappa shape index (κ3) is 1.53. The highest BCUT2D eigenvalue weighted by Crippen LogP contribution is 2.34. The standard InChI is InChI=1S/C16H17B/c1-16(2,3)17-14-10-6-4-8-12(14)13-9-5-7-11-15(13)17/h4-11H,1-3H3. The summed E-state index contributed by atoms with van der Waals surface area (Å²) < 4.78 is 0. The Morgan fingerprint density at radius 1 is 0.706 bits per heavy atom. The van der Waals surface area contributed by atoms with Gasteiger partial charge >= 0.3 is 0 Å². The van der Waals surface area contributed by atoms with E-state index in [1.54, 1.807) is 0 Å². The van der Waals surface area contributed by atoms with Crippen LogP contribution in [0.1, 0.15) is 20.8 Å². The molecule has 0 saturated heterocycles. The lowest BCUT2D eigenvalue weighted by atomic mass is 9.30. The third-order valence-corrected chi connectivity index (χ3v) is 3.70. The minimum atomic E-state index is 0.267. The van der Waals surface area contributed by atoms with Crippen LogP contribution in [0.3, 0.4) is 0 Å². The van der Waals surface area contributed by atoms with Gasteiger partial charge in [0.25, 0.3) is 0 Å². The van der Waals surface area contributed by atoms with Gasteiger partial charge < -0.3 is 0 Å². The van der Waals surface area contributed by atoms with Crippen molar-refractivity contribution in [2.45, 2.75) is 26.1 Å². The molecular weight excluding hydrogens is 203 g/mol. The van der Waals surface area contributed by atoms with Crippen LogP contribution in [-0.2, 0) is 0 Å². The fraction of sp³-hybridized carbons (Fsp3) is 0.250. The highest BCUT2D eigenvalue weighted by molar-refractivity contribution is 6.91. The predicted molar refractivity (Wildman–Crippen MR) is 76.6 cm³/mol. The molecule has 17 heavy (non-hydrogen) atoms. The first-order valence-corrected chi connectivity index (χ1v) is 6.27. The Hall–Kier alpha value is -1.50. The topological polar surface area (TPSA) is 0 Å². The van der Waals surface area contributed by atoms with Gasteiger partial charge in [-0.05, 0) is 11.1 Å². The molecule has 0 nitrogen and oxygen atoms in total. The van der Waals surface area contributed by atoms with E-state index < -0.39 is 0 Å². The van der Waals surface area contributed by atoms with E-state index in [0.717, 1.165) is 0 Å². The highest BCUT2D eigenvalue weighted by Gasteiger charge is 2.39. The second-order valence-electron chi connectivity index (χ2n) is 5.97. The van der Waals surface area contributed by atoms with Crippen molar-refractivity contribution in [2.75, 3.05) is 0 Å². The van der Waals surface area contributed by atoms with Crippen LogP contribution in [-0.4, -0.2) is 6.71 Å². The van der Waals surface area contributed by atoms with Crippen molar-refractivity contribution in [1.29, 1.82) is 0 Å². The van der Waals surface area contributed by atoms with E-state index in [-0.39, 0.29) is 5.31 Å². The van der Waals surface area contributed by atoms with Crippen molar-refractivity contribution in [3.63, 3.8) is 0 Å². The molecule has 1 heterocycles. The summed E-state index contributed by atoms with van der Waals surface area (Å²) in [4.78, 5) is 0. The molecule has 0 spiro atoms. The lowest BCUT2D eigenvalue weighted by Gasteiger charge is -2.25. The maximum atomic E-state index is 2.33. The molecule has 0 bridgehead atoms. The van der Waals surface area contributed by atoms with Crippen molar-refractivity contribution in [1.82, 2.24) is 0 Å². The molecule has 0 saturated carbocycles. The lowest BCUT2D eigenvalue weighted by molar-refractivity contribution is 0.751. The summed E-state index contributed by atoms with van der Waals surface area (Å²) in [7, 11) is 0. The van der Waals surface area contributed by atoms with Gasteiger partial charge in [-0.1, -0.05) is 85.5 Å². The molecule has 0 atom stereocenters. The lowest BCUT2D eigenvalue weighted by Crippen LogP contribution is -2.45. The van der Waals surface area contributed by atoms with Gasteiger partial charge in [0.05, 0.1) is 0 Å². The van der Waals surface area contributed by atoms with Crippen LogP contribution >= 0.6 is 0 Å². The molecule has 2 aromatic rings. The molecular formula is C16H17B. The second-order valence-corrected chi connectivity index (χ2v) is 5.97. The van der Waals surface area contributed by atoms with Gasteiger partial charge in [0, 0.05) is 0 Å². The molecule has 1 heteroatoms. The van der Waals surface area contributed by atoms with Gasteiger partial charge in [0.15, 0.2) is 0 Å². The number of hydrogen-bond donors (Lipinski definition) is 0. The minimum Gasteiger partial charge on any atom is -0.0667 e. The number of rotatable bonds is 0. The first kappa shape index (κ1) is 10.6. The van der Waals surface area contributed by atoms with Gasteiger partial charge in [-0.15, -0.1) is 0 Å². The Balaban J connectivity index is 2.31. The maximum absolute atomic E-state index is 2.33. The van der Waals surface area contributed by atoms with E-state index in [4.69, 9.17) is 0 Å². The van der Waals surface area contributed by atoms with Gasteiger partial charge in [0.2, 0.25) is 6.71 Å². The first-order valence-electron chi connectivity index (χ1n) is 6.27. The van der Waals surface area contributed by atoms with E-state index in [1.807, 2.05) is 0 Å². The molecule has 0 radical (unpaired) electrons. The fourth-order valence-electron chi connectivity index (χ4n) is 3.09. The zero-order valence-corrected chi connectivity index (χ0v) is 10.7. The molecule has 1 aliphatic rings. The molecule has 0 aromatic heterocycles.